The maximum absolute atomic E-state index is 12.2. The van der Waals surface area contributed by atoms with Crippen LogP contribution >= 0.6 is 0 Å². The second-order valence-corrected chi connectivity index (χ2v) is 7.84. The topological polar surface area (TPSA) is 150 Å². The lowest BCUT2D eigenvalue weighted by atomic mass is 10.2. The summed E-state index contributed by atoms with van der Waals surface area (Å²) in [4.78, 5) is 50.4. The SMILES string of the molecule is C=CCOC(COc1cccc(C(=O)NC)c1)OCC(=O)NC/C=C/c1cn(C(CC)OC)c(=O)[nH]c1=O. The van der Waals surface area contributed by atoms with Gasteiger partial charge in [0.15, 0.2) is 6.29 Å². The number of benzene rings is 1. The Kier molecular flexibility index (Phi) is 12.7. The van der Waals surface area contributed by atoms with Crippen LogP contribution in [0.3, 0.4) is 0 Å². The number of hydrogen-bond acceptors (Lipinski definition) is 8. The smallest absolute Gasteiger partial charge is 0.330 e. The van der Waals surface area contributed by atoms with Crippen LogP contribution in [0, 0.1) is 0 Å². The van der Waals surface area contributed by atoms with Gasteiger partial charge in [0.05, 0.1) is 12.2 Å². The summed E-state index contributed by atoms with van der Waals surface area (Å²) in [5, 5.41) is 5.18. The van der Waals surface area contributed by atoms with E-state index in [0.717, 1.165) is 0 Å². The van der Waals surface area contributed by atoms with Crippen molar-refractivity contribution in [1.29, 1.82) is 0 Å². The maximum atomic E-state index is 12.2. The number of H-pyrrole nitrogens is 1. The van der Waals surface area contributed by atoms with E-state index in [1.165, 1.54) is 37.1 Å². The Hall–Kier alpha value is -4.00. The van der Waals surface area contributed by atoms with Crippen molar-refractivity contribution < 1.29 is 28.5 Å². The number of ether oxygens (including phenoxy) is 4. The third-order valence-electron chi connectivity index (χ3n) is 5.15. The monoisotopic (exact) mass is 530 g/mol. The number of nitrogens with zero attached hydrogens (tertiary/aromatic N) is 1. The zero-order chi connectivity index (χ0) is 27.9. The zero-order valence-corrected chi connectivity index (χ0v) is 21.7. The lowest BCUT2D eigenvalue weighted by Crippen LogP contribution is -2.34. The highest BCUT2D eigenvalue weighted by Crippen LogP contribution is 2.14. The van der Waals surface area contributed by atoms with Gasteiger partial charge in [-0.15, -0.1) is 6.58 Å². The Morgan fingerprint density at radius 1 is 1.24 bits per heavy atom. The molecule has 2 amide bonds. The van der Waals surface area contributed by atoms with Crippen molar-refractivity contribution in [2.75, 3.05) is 40.5 Å². The Balaban J connectivity index is 1.89. The normalized spacial score (nSPS) is 12.6. The minimum Gasteiger partial charge on any atom is -0.488 e. The molecule has 206 valence electrons. The third kappa shape index (κ3) is 9.47. The number of amides is 2. The molecule has 1 aromatic carbocycles. The van der Waals surface area contributed by atoms with E-state index in [1.807, 2.05) is 6.92 Å². The molecule has 1 heterocycles. The van der Waals surface area contributed by atoms with Crippen LogP contribution in [0.2, 0.25) is 0 Å². The summed E-state index contributed by atoms with van der Waals surface area (Å²) in [5.41, 5.74) is -0.443. The molecule has 12 nitrogen and oxygen atoms in total. The minimum atomic E-state index is -0.871. The molecular formula is C26H34N4O8. The standard InChI is InChI=1S/C26H34N4O8/c1-5-13-36-23(17-37-20-11-7-9-18(14-20)24(32)27-3)38-16-21(31)28-12-8-10-19-15-30(22(6-2)35-4)26(34)29-25(19)33/h5,7-11,14-15,22-23H,1,6,12-13,16-17H2,2-4H3,(H,27,32)(H,28,31)(H,29,33,34)/b10-8+. The molecule has 2 unspecified atom stereocenters. The Labute approximate surface area is 220 Å². The number of carbonyl (C=O) groups is 2. The molecule has 0 spiro atoms. The fraction of sp³-hybridized carbons (Fsp3) is 0.385. The van der Waals surface area contributed by atoms with E-state index in [9.17, 15) is 19.2 Å². The molecule has 2 aromatic rings. The molecule has 3 N–H and O–H groups in total. The van der Waals surface area contributed by atoms with Crippen molar-refractivity contribution in [2.24, 2.45) is 0 Å². The van der Waals surface area contributed by atoms with Crippen molar-refractivity contribution in [1.82, 2.24) is 20.2 Å². The van der Waals surface area contributed by atoms with E-state index in [2.05, 4.69) is 22.2 Å². The van der Waals surface area contributed by atoms with Crippen LogP contribution in [0.5, 0.6) is 5.75 Å². The van der Waals surface area contributed by atoms with Gasteiger partial charge < -0.3 is 29.6 Å². The van der Waals surface area contributed by atoms with Gasteiger partial charge >= 0.3 is 5.69 Å². The summed E-state index contributed by atoms with van der Waals surface area (Å²) >= 11 is 0. The first-order valence-electron chi connectivity index (χ1n) is 11.9. The first kappa shape index (κ1) is 30.2. The van der Waals surface area contributed by atoms with Gasteiger partial charge in [0, 0.05) is 32.5 Å². The number of carbonyl (C=O) groups excluding carboxylic acids is 2. The molecule has 0 radical (unpaired) electrons. The second-order valence-electron chi connectivity index (χ2n) is 7.84. The van der Waals surface area contributed by atoms with Crippen LogP contribution in [0.4, 0.5) is 0 Å². The number of rotatable bonds is 16. The quantitative estimate of drug-likeness (QED) is 0.217. The van der Waals surface area contributed by atoms with Gasteiger partial charge in [-0.1, -0.05) is 31.2 Å². The fourth-order valence-corrected chi connectivity index (χ4v) is 3.24. The molecule has 0 aliphatic heterocycles. The highest BCUT2D eigenvalue weighted by Gasteiger charge is 2.14. The van der Waals surface area contributed by atoms with Crippen molar-refractivity contribution >= 4 is 17.9 Å². The first-order chi connectivity index (χ1) is 18.3. The van der Waals surface area contributed by atoms with Crippen molar-refractivity contribution in [3.05, 3.63) is 81.2 Å². The summed E-state index contributed by atoms with van der Waals surface area (Å²) in [6.45, 7) is 5.39. The summed E-state index contributed by atoms with van der Waals surface area (Å²) in [7, 11) is 3.01. The molecule has 0 aliphatic rings. The highest BCUT2D eigenvalue weighted by molar-refractivity contribution is 5.94. The molecule has 0 saturated carbocycles. The molecule has 0 bridgehead atoms. The molecule has 2 rings (SSSR count). The van der Waals surface area contributed by atoms with Crippen LogP contribution in [0.15, 0.2) is 58.8 Å². The van der Waals surface area contributed by atoms with Gasteiger partial charge in [-0.3, -0.25) is 23.9 Å². The molecule has 0 aliphatic carbocycles. The van der Waals surface area contributed by atoms with E-state index in [4.69, 9.17) is 18.9 Å². The predicted molar refractivity (Wildman–Crippen MR) is 141 cm³/mol. The zero-order valence-electron chi connectivity index (χ0n) is 21.7. The van der Waals surface area contributed by atoms with Crippen LogP contribution in [0.1, 0.15) is 35.5 Å². The minimum absolute atomic E-state index is 0.0308. The predicted octanol–water partition coefficient (Wildman–Crippen LogP) is 1.20. The van der Waals surface area contributed by atoms with Crippen molar-refractivity contribution in [2.45, 2.75) is 25.9 Å². The number of aromatic amines is 1. The maximum Gasteiger partial charge on any atom is 0.330 e. The Morgan fingerprint density at radius 2 is 2.03 bits per heavy atom. The second kappa shape index (κ2) is 16.0. The largest absolute Gasteiger partial charge is 0.488 e. The molecule has 38 heavy (non-hydrogen) atoms. The van der Waals surface area contributed by atoms with E-state index in [0.29, 0.717) is 17.7 Å². The molecular weight excluding hydrogens is 496 g/mol. The van der Waals surface area contributed by atoms with E-state index in [-0.39, 0.29) is 37.8 Å². The van der Waals surface area contributed by atoms with Crippen molar-refractivity contribution in [3.63, 3.8) is 0 Å². The Morgan fingerprint density at radius 3 is 2.71 bits per heavy atom. The van der Waals surface area contributed by atoms with Gasteiger partial charge in [-0.2, -0.15) is 0 Å². The number of methoxy groups -OCH3 is 1. The Bertz CT molecular complexity index is 1220. The third-order valence-corrected chi connectivity index (χ3v) is 5.15. The van der Waals surface area contributed by atoms with Gasteiger partial charge in [-0.05, 0) is 24.6 Å². The van der Waals surface area contributed by atoms with Crippen LogP contribution in [-0.4, -0.2) is 68.2 Å². The number of nitrogens with one attached hydrogen (secondary N) is 3. The number of aromatic nitrogens is 2. The molecule has 0 saturated heterocycles. The van der Waals surface area contributed by atoms with E-state index >= 15 is 0 Å². The fourth-order valence-electron chi connectivity index (χ4n) is 3.24. The first-order valence-corrected chi connectivity index (χ1v) is 11.9. The molecule has 2 atom stereocenters. The molecule has 0 fully saturated rings. The summed E-state index contributed by atoms with van der Waals surface area (Å²) in [5.74, 6) is -0.232. The van der Waals surface area contributed by atoms with Gasteiger partial charge in [0.25, 0.3) is 11.5 Å². The lowest BCUT2D eigenvalue weighted by Gasteiger charge is -2.18. The van der Waals surface area contributed by atoms with E-state index in [1.54, 1.807) is 30.3 Å². The van der Waals surface area contributed by atoms with Crippen LogP contribution < -0.4 is 26.6 Å². The van der Waals surface area contributed by atoms with Gasteiger partial charge in [0.1, 0.15) is 25.2 Å². The molecule has 1 aromatic heterocycles. The van der Waals surface area contributed by atoms with Crippen molar-refractivity contribution in [3.8, 4) is 5.75 Å². The molecule has 12 heteroatoms. The average Bonchev–Trinajstić information content (AvgIpc) is 2.92. The van der Waals surface area contributed by atoms with Crippen LogP contribution in [0.25, 0.3) is 6.08 Å². The lowest BCUT2D eigenvalue weighted by molar-refractivity contribution is -0.162. The van der Waals surface area contributed by atoms with Crippen LogP contribution in [-0.2, 0) is 19.0 Å². The van der Waals surface area contributed by atoms with E-state index < -0.39 is 29.7 Å². The van der Waals surface area contributed by atoms with Gasteiger partial charge in [-0.25, -0.2) is 4.79 Å². The summed E-state index contributed by atoms with van der Waals surface area (Å²) < 4.78 is 23.3. The van der Waals surface area contributed by atoms with Gasteiger partial charge in [0.2, 0.25) is 5.91 Å². The summed E-state index contributed by atoms with van der Waals surface area (Å²) in [6, 6.07) is 6.60. The highest BCUT2D eigenvalue weighted by atomic mass is 16.7. The number of hydrogen-bond donors (Lipinski definition) is 3. The average molecular weight is 531 g/mol. The summed E-state index contributed by atoms with van der Waals surface area (Å²) in [6.07, 6.45) is 5.16.